The van der Waals surface area contributed by atoms with Gasteiger partial charge in [-0.3, -0.25) is 15.0 Å². The maximum atomic E-state index is 13.7. The molecule has 3 rings (SSSR count). The molecule has 1 heterocycles. The Labute approximate surface area is 162 Å². The van der Waals surface area contributed by atoms with Crippen molar-refractivity contribution in [1.82, 2.24) is 15.8 Å². The van der Waals surface area contributed by atoms with Gasteiger partial charge in [-0.05, 0) is 18.6 Å². The number of likely N-dealkylation sites (N-methyl/N-ethyl adjacent to an activating group) is 1. The van der Waals surface area contributed by atoms with Crippen molar-refractivity contribution in [3.8, 4) is 0 Å². The molecular formula is C20H22FN4O3+. The molecule has 4 amide bonds. The van der Waals surface area contributed by atoms with E-state index in [9.17, 15) is 18.8 Å². The van der Waals surface area contributed by atoms with E-state index in [4.69, 9.17) is 0 Å². The SMILES string of the molecule is C[NH+](CC(=O)NN1C(=O)N[C@@](C)(c2ccccc2)C1=O)Cc1ccccc1F. The molecule has 0 spiro atoms. The molecule has 0 aliphatic carbocycles. The number of hydrazine groups is 1. The molecule has 8 heteroatoms. The van der Waals surface area contributed by atoms with Crippen LogP contribution in [0.25, 0.3) is 0 Å². The summed E-state index contributed by atoms with van der Waals surface area (Å²) in [6, 6.07) is 14.4. The van der Waals surface area contributed by atoms with Gasteiger partial charge in [0.2, 0.25) is 0 Å². The number of rotatable bonds is 6. The van der Waals surface area contributed by atoms with Crippen molar-refractivity contribution in [3.05, 3.63) is 71.5 Å². The molecular weight excluding hydrogens is 363 g/mol. The van der Waals surface area contributed by atoms with Crippen molar-refractivity contribution >= 4 is 17.8 Å². The second kappa shape index (κ2) is 7.77. The minimum atomic E-state index is -1.25. The zero-order valence-corrected chi connectivity index (χ0v) is 15.7. The average molecular weight is 385 g/mol. The van der Waals surface area contributed by atoms with Gasteiger partial charge < -0.3 is 10.2 Å². The Balaban J connectivity index is 1.63. The summed E-state index contributed by atoms with van der Waals surface area (Å²) in [6.45, 7) is 1.85. The summed E-state index contributed by atoms with van der Waals surface area (Å²) < 4.78 is 13.7. The van der Waals surface area contributed by atoms with E-state index >= 15 is 0 Å². The molecule has 146 valence electrons. The highest BCUT2D eigenvalue weighted by Gasteiger charge is 2.50. The van der Waals surface area contributed by atoms with Gasteiger partial charge in [-0.15, -0.1) is 0 Å². The number of hydrogen-bond donors (Lipinski definition) is 3. The third-order valence-electron chi connectivity index (χ3n) is 4.69. The summed E-state index contributed by atoms with van der Waals surface area (Å²) in [6.07, 6.45) is 0. The number of imide groups is 1. The lowest BCUT2D eigenvalue weighted by molar-refractivity contribution is -0.885. The Morgan fingerprint density at radius 2 is 1.79 bits per heavy atom. The van der Waals surface area contributed by atoms with E-state index in [0.29, 0.717) is 27.6 Å². The Kier molecular flexibility index (Phi) is 5.41. The summed E-state index contributed by atoms with van der Waals surface area (Å²) in [5.74, 6) is -1.42. The first-order chi connectivity index (χ1) is 13.3. The normalized spacial score (nSPS) is 20.0. The van der Waals surface area contributed by atoms with Crippen LogP contribution in [0.5, 0.6) is 0 Å². The molecule has 0 radical (unpaired) electrons. The molecule has 1 aliphatic heterocycles. The number of nitrogens with one attached hydrogen (secondary N) is 3. The van der Waals surface area contributed by atoms with Crippen LogP contribution in [0.15, 0.2) is 54.6 Å². The van der Waals surface area contributed by atoms with E-state index in [1.54, 1.807) is 56.4 Å². The number of halogens is 1. The van der Waals surface area contributed by atoms with Crippen LogP contribution in [0.1, 0.15) is 18.1 Å². The third-order valence-corrected chi connectivity index (χ3v) is 4.69. The lowest BCUT2D eigenvalue weighted by Gasteiger charge is -2.22. The van der Waals surface area contributed by atoms with Crippen molar-refractivity contribution in [2.75, 3.05) is 13.6 Å². The first-order valence-corrected chi connectivity index (χ1v) is 8.87. The fraction of sp³-hybridized carbons (Fsp3) is 0.250. The van der Waals surface area contributed by atoms with Crippen LogP contribution in [0.2, 0.25) is 0 Å². The first kappa shape index (κ1) is 19.5. The van der Waals surface area contributed by atoms with Gasteiger partial charge in [0.05, 0.1) is 7.05 Å². The lowest BCUT2D eigenvalue weighted by atomic mass is 9.92. The van der Waals surface area contributed by atoms with Gasteiger partial charge in [0.1, 0.15) is 17.9 Å². The van der Waals surface area contributed by atoms with Gasteiger partial charge in [0.25, 0.3) is 11.8 Å². The summed E-state index contributed by atoms with van der Waals surface area (Å²) >= 11 is 0. The topological polar surface area (TPSA) is 82.9 Å². The highest BCUT2D eigenvalue weighted by atomic mass is 19.1. The van der Waals surface area contributed by atoms with E-state index in [-0.39, 0.29) is 12.4 Å². The lowest BCUT2D eigenvalue weighted by Crippen LogP contribution is -3.09. The molecule has 2 aromatic carbocycles. The molecule has 0 aromatic heterocycles. The Bertz CT molecular complexity index is 905. The predicted molar refractivity (Wildman–Crippen MR) is 99.2 cm³/mol. The van der Waals surface area contributed by atoms with E-state index in [0.717, 1.165) is 0 Å². The molecule has 7 nitrogen and oxygen atoms in total. The zero-order valence-electron chi connectivity index (χ0n) is 15.7. The summed E-state index contributed by atoms with van der Waals surface area (Å²) in [4.78, 5) is 38.1. The second-order valence-corrected chi connectivity index (χ2v) is 7.00. The quantitative estimate of drug-likeness (QED) is 0.627. The van der Waals surface area contributed by atoms with Crippen LogP contribution in [-0.4, -0.2) is 36.4 Å². The molecule has 0 saturated carbocycles. The number of quaternary nitrogens is 1. The number of carbonyl (C=O) groups is 3. The number of carbonyl (C=O) groups excluding carboxylic acids is 3. The Hall–Kier alpha value is -3.26. The van der Waals surface area contributed by atoms with E-state index < -0.39 is 23.4 Å². The molecule has 1 unspecified atom stereocenters. The largest absolute Gasteiger partial charge is 0.344 e. The van der Waals surface area contributed by atoms with Gasteiger partial charge in [0, 0.05) is 5.56 Å². The Morgan fingerprint density at radius 3 is 2.46 bits per heavy atom. The van der Waals surface area contributed by atoms with Crippen molar-refractivity contribution in [1.29, 1.82) is 0 Å². The van der Waals surface area contributed by atoms with Crippen molar-refractivity contribution in [3.63, 3.8) is 0 Å². The van der Waals surface area contributed by atoms with E-state index in [1.165, 1.54) is 6.07 Å². The molecule has 28 heavy (non-hydrogen) atoms. The predicted octanol–water partition coefficient (Wildman–Crippen LogP) is 0.339. The maximum absolute atomic E-state index is 13.7. The smallest absolute Gasteiger partial charge is 0.326 e. The number of hydrogen-bond acceptors (Lipinski definition) is 3. The molecule has 1 saturated heterocycles. The van der Waals surface area contributed by atoms with Crippen molar-refractivity contribution < 1.29 is 23.7 Å². The van der Waals surface area contributed by atoms with E-state index in [1.807, 2.05) is 6.07 Å². The van der Waals surface area contributed by atoms with Crippen LogP contribution < -0.4 is 15.6 Å². The van der Waals surface area contributed by atoms with Crippen LogP contribution >= 0.6 is 0 Å². The third kappa shape index (κ3) is 3.86. The zero-order chi connectivity index (χ0) is 20.3. The van der Waals surface area contributed by atoms with Crippen LogP contribution in [-0.2, 0) is 21.7 Å². The van der Waals surface area contributed by atoms with Gasteiger partial charge in [-0.25, -0.2) is 9.18 Å². The molecule has 1 aliphatic rings. The standard InChI is InChI=1S/C20H21FN4O3/c1-20(15-9-4-3-5-10-15)18(27)25(19(28)22-20)23-17(26)13-24(2)12-14-8-6-7-11-16(14)21/h3-11H,12-13H2,1-2H3,(H,22,28)(H,23,26)/p+1/t20-/m0/s1. The fourth-order valence-electron chi connectivity index (χ4n) is 3.18. The summed E-state index contributed by atoms with van der Waals surface area (Å²) in [5, 5.41) is 3.32. The van der Waals surface area contributed by atoms with Crippen LogP contribution in [0.4, 0.5) is 9.18 Å². The average Bonchev–Trinajstić information content (AvgIpc) is 2.88. The fourth-order valence-corrected chi connectivity index (χ4v) is 3.18. The monoisotopic (exact) mass is 385 g/mol. The first-order valence-electron chi connectivity index (χ1n) is 8.87. The molecule has 0 bridgehead atoms. The number of amides is 4. The van der Waals surface area contributed by atoms with Crippen molar-refractivity contribution in [2.45, 2.75) is 19.0 Å². The maximum Gasteiger partial charge on any atom is 0.344 e. The molecule has 3 N–H and O–H groups in total. The minimum absolute atomic E-state index is 0.0343. The van der Waals surface area contributed by atoms with Gasteiger partial charge in [-0.2, -0.15) is 5.01 Å². The summed E-state index contributed by atoms with van der Waals surface area (Å²) in [5.41, 5.74) is 2.20. The molecule has 2 aromatic rings. The van der Waals surface area contributed by atoms with Gasteiger partial charge in [0.15, 0.2) is 6.54 Å². The Morgan fingerprint density at radius 1 is 1.14 bits per heavy atom. The number of nitrogens with zero attached hydrogens (tertiary/aromatic N) is 1. The van der Waals surface area contributed by atoms with Crippen LogP contribution in [0, 0.1) is 5.82 Å². The van der Waals surface area contributed by atoms with E-state index in [2.05, 4.69) is 10.7 Å². The highest BCUT2D eigenvalue weighted by Crippen LogP contribution is 2.27. The highest BCUT2D eigenvalue weighted by molar-refractivity contribution is 6.08. The van der Waals surface area contributed by atoms with Crippen LogP contribution in [0.3, 0.4) is 0 Å². The summed E-state index contributed by atoms with van der Waals surface area (Å²) in [7, 11) is 1.73. The minimum Gasteiger partial charge on any atom is -0.326 e. The second-order valence-electron chi connectivity index (χ2n) is 7.00. The number of urea groups is 1. The molecule has 1 fully saturated rings. The molecule has 2 atom stereocenters. The van der Waals surface area contributed by atoms with Crippen molar-refractivity contribution in [2.24, 2.45) is 0 Å². The van der Waals surface area contributed by atoms with Gasteiger partial charge >= 0.3 is 6.03 Å². The number of benzene rings is 2. The van der Waals surface area contributed by atoms with Gasteiger partial charge in [-0.1, -0.05) is 48.5 Å².